The molecule has 0 aliphatic carbocycles. The number of carbonyl (C=O) groups excluding carboxylic acids is 1. The zero-order chi connectivity index (χ0) is 16.1. The van der Waals surface area contributed by atoms with Crippen molar-refractivity contribution in [3.8, 4) is 0 Å². The normalized spacial score (nSPS) is 16.4. The second-order valence-electron chi connectivity index (χ2n) is 5.68. The van der Waals surface area contributed by atoms with E-state index in [-0.39, 0.29) is 11.9 Å². The van der Waals surface area contributed by atoms with Crippen LogP contribution in [0.15, 0.2) is 29.8 Å². The fraction of sp³-hybridized carbons (Fsp3) is 0.438. The molecule has 2 aromatic heterocycles. The molecule has 0 atom stereocenters. The fourth-order valence-corrected chi connectivity index (χ4v) is 3.38. The summed E-state index contributed by atoms with van der Waals surface area (Å²) in [6.07, 6.45) is 3.73. The van der Waals surface area contributed by atoms with Crippen molar-refractivity contribution < 1.29 is 4.79 Å². The van der Waals surface area contributed by atoms with Crippen LogP contribution in [-0.4, -0.2) is 39.9 Å². The Bertz CT molecular complexity index is 637. The van der Waals surface area contributed by atoms with Crippen LogP contribution in [-0.2, 0) is 13.1 Å². The molecular formula is C16H21N5OS. The molecule has 7 heteroatoms. The van der Waals surface area contributed by atoms with Gasteiger partial charge in [-0.2, -0.15) is 0 Å². The number of pyridine rings is 1. The van der Waals surface area contributed by atoms with Crippen LogP contribution in [0.2, 0.25) is 0 Å². The minimum absolute atomic E-state index is 0.0934. The van der Waals surface area contributed by atoms with Crippen molar-refractivity contribution in [3.63, 3.8) is 0 Å². The molecule has 1 fully saturated rings. The van der Waals surface area contributed by atoms with Crippen molar-refractivity contribution in [1.82, 2.24) is 20.2 Å². The Morgan fingerprint density at radius 2 is 2.22 bits per heavy atom. The highest BCUT2D eigenvalue weighted by molar-refractivity contribution is 7.09. The molecule has 2 aromatic rings. The van der Waals surface area contributed by atoms with Crippen molar-refractivity contribution in [1.29, 1.82) is 0 Å². The monoisotopic (exact) mass is 331 g/mol. The zero-order valence-electron chi connectivity index (χ0n) is 12.9. The van der Waals surface area contributed by atoms with E-state index in [9.17, 15) is 4.79 Å². The molecule has 1 amide bonds. The maximum Gasteiger partial charge on any atom is 0.270 e. The number of thiazole rings is 1. The Morgan fingerprint density at radius 3 is 2.87 bits per heavy atom. The summed E-state index contributed by atoms with van der Waals surface area (Å²) in [7, 11) is 0. The molecule has 6 nitrogen and oxygen atoms in total. The molecule has 3 N–H and O–H groups in total. The Labute approximate surface area is 139 Å². The van der Waals surface area contributed by atoms with Gasteiger partial charge in [0.05, 0.1) is 5.69 Å². The largest absolute Gasteiger partial charge is 0.348 e. The van der Waals surface area contributed by atoms with E-state index in [4.69, 9.17) is 5.73 Å². The van der Waals surface area contributed by atoms with Crippen LogP contribution < -0.4 is 11.1 Å². The van der Waals surface area contributed by atoms with Gasteiger partial charge in [0.2, 0.25) is 0 Å². The summed E-state index contributed by atoms with van der Waals surface area (Å²) in [4.78, 5) is 23.1. The van der Waals surface area contributed by atoms with E-state index in [0.717, 1.165) is 43.2 Å². The van der Waals surface area contributed by atoms with Gasteiger partial charge in [-0.25, -0.2) is 4.98 Å². The number of nitrogens with two attached hydrogens (primary N) is 1. The quantitative estimate of drug-likeness (QED) is 0.865. The standard InChI is InChI=1S/C16H21N5OS/c17-9-15-20-14(11-23-15)16(22)19-12-4-7-21(8-5-12)10-13-3-1-2-6-18-13/h1-3,6,11-12H,4-5,7-10,17H2,(H,19,22). The van der Waals surface area contributed by atoms with E-state index >= 15 is 0 Å². The lowest BCUT2D eigenvalue weighted by atomic mass is 10.0. The number of nitrogens with zero attached hydrogens (tertiary/aromatic N) is 3. The van der Waals surface area contributed by atoms with Crippen LogP contribution in [0.25, 0.3) is 0 Å². The lowest BCUT2D eigenvalue weighted by Gasteiger charge is -2.31. The second kappa shape index (κ2) is 7.63. The molecule has 3 heterocycles. The molecule has 0 saturated carbocycles. The Hall–Kier alpha value is -1.83. The van der Waals surface area contributed by atoms with Gasteiger partial charge in [0.25, 0.3) is 5.91 Å². The number of nitrogens with one attached hydrogen (secondary N) is 1. The van der Waals surface area contributed by atoms with Crippen LogP contribution in [0.5, 0.6) is 0 Å². The molecule has 1 aliphatic heterocycles. The number of hydrogen-bond donors (Lipinski definition) is 2. The van der Waals surface area contributed by atoms with Gasteiger partial charge >= 0.3 is 0 Å². The molecule has 1 saturated heterocycles. The summed E-state index contributed by atoms with van der Waals surface area (Å²) >= 11 is 1.43. The van der Waals surface area contributed by atoms with Crippen molar-refractivity contribution in [2.45, 2.75) is 32.0 Å². The molecule has 23 heavy (non-hydrogen) atoms. The molecule has 3 rings (SSSR count). The topological polar surface area (TPSA) is 84.1 Å². The maximum atomic E-state index is 12.2. The van der Waals surface area contributed by atoms with E-state index in [1.54, 1.807) is 5.38 Å². The third-order valence-electron chi connectivity index (χ3n) is 3.99. The zero-order valence-corrected chi connectivity index (χ0v) is 13.8. The smallest absolute Gasteiger partial charge is 0.270 e. The average molecular weight is 331 g/mol. The molecule has 0 aromatic carbocycles. The summed E-state index contributed by atoms with van der Waals surface area (Å²) in [5.74, 6) is -0.0934. The SMILES string of the molecule is NCc1nc(C(=O)NC2CCN(Cc3ccccn3)CC2)cs1. The second-order valence-corrected chi connectivity index (χ2v) is 6.62. The number of likely N-dealkylation sites (tertiary alicyclic amines) is 1. The van der Waals surface area contributed by atoms with E-state index in [1.807, 2.05) is 24.4 Å². The summed E-state index contributed by atoms with van der Waals surface area (Å²) in [5.41, 5.74) is 7.10. The highest BCUT2D eigenvalue weighted by atomic mass is 32.1. The maximum absolute atomic E-state index is 12.2. The summed E-state index contributed by atoms with van der Waals surface area (Å²) in [6.45, 7) is 3.18. The number of carbonyl (C=O) groups is 1. The first-order valence-electron chi connectivity index (χ1n) is 7.82. The van der Waals surface area contributed by atoms with E-state index < -0.39 is 0 Å². The third kappa shape index (κ3) is 4.34. The molecule has 0 bridgehead atoms. The number of hydrogen-bond acceptors (Lipinski definition) is 6. The highest BCUT2D eigenvalue weighted by Crippen LogP contribution is 2.14. The first kappa shape index (κ1) is 16.0. The Balaban J connectivity index is 1.46. The van der Waals surface area contributed by atoms with Crippen LogP contribution in [0.3, 0.4) is 0 Å². The number of piperidine rings is 1. The van der Waals surface area contributed by atoms with Crippen molar-refractivity contribution in [2.75, 3.05) is 13.1 Å². The van der Waals surface area contributed by atoms with Crippen LogP contribution in [0.1, 0.15) is 34.0 Å². The molecule has 1 aliphatic rings. The number of rotatable bonds is 5. The van der Waals surface area contributed by atoms with E-state index in [1.165, 1.54) is 11.3 Å². The van der Waals surface area contributed by atoms with Gasteiger partial charge in [0, 0.05) is 43.8 Å². The van der Waals surface area contributed by atoms with Crippen molar-refractivity contribution in [2.24, 2.45) is 5.73 Å². The summed E-state index contributed by atoms with van der Waals surface area (Å²) < 4.78 is 0. The van der Waals surface area contributed by atoms with Crippen LogP contribution in [0.4, 0.5) is 0 Å². The average Bonchev–Trinajstić information content (AvgIpc) is 3.07. The van der Waals surface area contributed by atoms with Gasteiger partial charge in [-0.3, -0.25) is 14.7 Å². The van der Waals surface area contributed by atoms with Gasteiger partial charge < -0.3 is 11.1 Å². The van der Waals surface area contributed by atoms with Crippen molar-refractivity contribution >= 4 is 17.2 Å². The third-order valence-corrected chi connectivity index (χ3v) is 4.86. The number of aromatic nitrogens is 2. The first-order chi connectivity index (χ1) is 11.2. The lowest BCUT2D eigenvalue weighted by molar-refractivity contribution is 0.0904. The number of amides is 1. The minimum atomic E-state index is -0.0934. The molecule has 0 radical (unpaired) electrons. The van der Waals surface area contributed by atoms with Crippen LogP contribution >= 0.6 is 11.3 Å². The summed E-state index contributed by atoms with van der Waals surface area (Å²) in [5, 5.41) is 5.64. The molecule has 122 valence electrons. The predicted octanol–water partition coefficient (Wildman–Crippen LogP) is 1.39. The lowest BCUT2D eigenvalue weighted by Crippen LogP contribution is -2.44. The molecular weight excluding hydrogens is 310 g/mol. The Kier molecular flexibility index (Phi) is 5.32. The van der Waals surface area contributed by atoms with E-state index in [0.29, 0.717) is 12.2 Å². The van der Waals surface area contributed by atoms with Crippen molar-refractivity contribution in [3.05, 3.63) is 46.2 Å². The van der Waals surface area contributed by atoms with Gasteiger partial charge in [-0.05, 0) is 25.0 Å². The van der Waals surface area contributed by atoms with Gasteiger partial charge in [-0.15, -0.1) is 11.3 Å². The van der Waals surface area contributed by atoms with Gasteiger partial charge in [0.15, 0.2) is 0 Å². The van der Waals surface area contributed by atoms with Crippen LogP contribution in [0, 0.1) is 0 Å². The minimum Gasteiger partial charge on any atom is -0.348 e. The predicted molar refractivity (Wildman–Crippen MR) is 90.0 cm³/mol. The first-order valence-corrected chi connectivity index (χ1v) is 8.70. The summed E-state index contributed by atoms with van der Waals surface area (Å²) in [6, 6.07) is 6.20. The highest BCUT2D eigenvalue weighted by Gasteiger charge is 2.22. The molecule has 0 spiro atoms. The van der Waals surface area contributed by atoms with E-state index in [2.05, 4.69) is 20.2 Å². The van der Waals surface area contributed by atoms with Gasteiger partial charge in [0.1, 0.15) is 10.7 Å². The fourth-order valence-electron chi connectivity index (χ4n) is 2.72. The molecule has 0 unspecified atom stereocenters. The van der Waals surface area contributed by atoms with Gasteiger partial charge in [-0.1, -0.05) is 6.07 Å². The Morgan fingerprint density at radius 1 is 1.39 bits per heavy atom.